The number of hydrogen-bond acceptors (Lipinski definition) is 6. The zero-order valence-corrected chi connectivity index (χ0v) is 15.6. The molecule has 1 aromatic carbocycles. The summed E-state index contributed by atoms with van der Waals surface area (Å²) in [5, 5.41) is 0. The Morgan fingerprint density at radius 1 is 1.11 bits per heavy atom. The van der Waals surface area contributed by atoms with Gasteiger partial charge in [-0.3, -0.25) is 9.78 Å². The molecule has 1 saturated heterocycles. The van der Waals surface area contributed by atoms with E-state index < -0.39 is 0 Å². The molecule has 2 aromatic heterocycles. The third kappa shape index (κ3) is 4.44. The van der Waals surface area contributed by atoms with E-state index in [9.17, 15) is 4.79 Å². The Labute approximate surface area is 162 Å². The van der Waals surface area contributed by atoms with E-state index in [2.05, 4.69) is 15.0 Å². The molecule has 1 aliphatic heterocycles. The fraction of sp³-hybridized carbons (Fsp3) is 0.286. The number of H-pyrrole nitrogens is 1. The number of ether oxygens (including phenoxy) is 3. The molecular formula is C21H21N3O4. The summed E-state index contributed by atoms with van der Waals surface area (Å²) < 4.78 is 16.5. The Balaban J connectivity index is 1.51. The van der Waals surface area contributed by atoms with Crippen molar-refractivity contribution in [2.75, 3.05) is 26.4 Å². The van der Waals surface area contributed by atoms with Gasteiger partial charge in [0.15, 0.2) is 0 Å². The summed E-state index contributed by atoms with van der Waals surface area (Å²) in [5.74, 6) is 0.719. The largest absolute Gasteiger partial charge is 0.475 e. The molecule has 7 nitrogen and oxygen atoms in total. The number of rotatable bonds is 5. The zero-order valence-electron chi connectivity index (χ0n) is 15.6. The van der Waals surface area contributed by atoms with Crippen molar-refractivity contribution in [2.24, 2.45) is 0 Å². The number of nitrogens with zero attached hydrogens (tertiary/aromatic N) is 2. The molecule has 1 aliphatic rings. The van der Waals surface area contributed by atoms with Crippen LogP contribution in [0.5, 0.6) is 5.88 Å². The molecule has 0 spiro atoms. The first-order chi connectivity index (χ1) is 13.7. The predicted molar refractivity (Wildman–Crippen MR) is 104 cm³/mol. The Kier molecular flexibility index (Phi) is 5.45. The lowest BCUT2D eigenvalue weighted by Gasteiger charge is -2.22. The van der Waals surface area contributed by atoms with Crippen LogP contribution < -0.4 is 10.3 Å². The minimum atomic E-state index is -0.271. The molecule has 1 N–H and O–H groups in total. The maximum Gasteiger partial charge on any atom is 0.254 e. The van der Waals surface area contributed by atoms with Gasteiger partial charge in [0, 0.05) is 23.0 Å². The van der Waals surface area contributed by atoms with Crippen LogP contribution in [0.25, 0.3) is 22.5 Å². The van der Waals surface area contributed by atoms with Crippen molar-refractivity contribution in [1.82, 2.24) is 15.0 Å². The van der Waals surface area contributed by atoms with Gasteiger partial charge in [-0.05, 0) is 18.6 Å². The summed E-state index contributed by atoms with van der Waals surface area (Å²) in [4.78, 5) is 23.5. The number of aryl methyl sites for hydroxylation is 1. The summed E-state index contributed by atoms with van der Waals surface area (Å²) in [6.07, 6.45) is 1.69. The first-order valence-corrected chi connectivity index (χ1v) is 9.14. The van der Waals surface area contributed by atoms with Crippen LogP contribution in [-0.2, 0) is 9.47 Å². The molecular weight excluding hydrogens is 358 g/mol. The molecule has 4 rings (SSSR count). The molecule has 0 bridgehead atoms. The van der Waals surface area contributed by atoms with E-state index in [1.165, 1.54) is 6.07 Å². The average molecular weight is 379 g/mol. The highest BCUT2D eigenvalue weighted by atomic mass is 16.6. The molecule has 0 unspecified atom stereocenters. The Morgan fingerprint density at radius 2 is 1.89 bits per heavy atom. The smallest absolute Gasteiger partial charge is 0.254 e. The van der Waals surface area contributed by atoms with Gasteiger partial charge < -0.3 is 19.2 Å². The first-order valence-electron chi connectivity index (χ1n) is 9.14. The van der Waals surface area contributed by atoms with Gasteiger partial charge in [0.1, 0.15) is 18.5 Å². The van der Waals surface area contributed by atoms with Gasteiger partial charge in [-0.2, -0.15) is 4.98 Å². The lowest BCUT2D eigenvalue weighted by Crippen LogP contribution is -2.33. The highest BCUT2D eigenvalue weighted by molar-refractivity contribution is 5.67. The Morgan fingerprint density at radius 3 is 2.61 bits per heavy atom. The summed E-state index contributed by atoms with van der Waals surface area (Å²) in [6, 6.07) is 13.1. The minimum absolute atomic E-state index is 0.152. The third-order valence-corrected chi connectivity index (χ3v) is 4.42. The van der Waals surface area contributed by atoms with Crippen LogP contribution >= 0.6 is 0 Å². The molecule has 0 saturated carbocycles. The molecule has 7 heteroatoms. The maximum atomic E-state index is 12.0. The van der Waals surface area contributed by atoms with Gasteiger partial charge in [0.25, 0.3) is 5.56 Å². The second-order valence-electron chi connectivity index (χ2n) is 6.58. The van der Waals surface area contributed by atoms with Crippen LogP contribution in [0, 0.1) is 6.92 Å². The number of hydrogen-bond donors (Lipinski definition) is 1. The van der Waals surface area contributed by atoms with Crippen LogP contribution in [0.2, 0.25) is 0 Å². The van der Waals surface area contributed by atoms with E-state index in [4.69, 9.17) is 14.2 Å². The lowest BCUT2D eigenvalue weighted by molar-refractivity contribution is -0.102. The summed E-state index contributed by atoms with van der Waals surface area (Å²) >= 11 is 0. The van der Waals surface area contributed by atoms with E-state index in [0.29, 0.717) is 25.6 Å². The molecule has 3 heterocycles. The second kappa shape index (κ2) is 8.33. The Bertz CT molecular complexity index is 978. The monoisotopic (exact) mass is 379 g/mol. The van der Waals surface area contributed by atoms with Crippen molar-refractivity contribution in [2.45, 2.75) is 13.0 Å². The second-order valence-corrected chi connectivity index (χ2v) is 6.58. The van der Waals surface area contributed by atoms with E-state index in [1.54, 1.807) is 0 Å². The van der Waals surface area contributed by atoms with Gasteiger partial charge >= 0.3 is 0 Å². The van der Waals surface area contributed by atoms with Crippen molar-refractivity contribution in [3.63, 3.8) is 0 Å². The molecule has 144 valence electrons. The van der Waals surface area contributed by atoms with Crippen molar-refractivity contribution < 1.29 is 14.2 Å². The number of benzene rings is 1. The van der Waals surface area contributed by atoms with Crippen molar-refractivity contribution in [3.8, 4) is 28.4 Å². The number of pyridine rings is 1. The van der Waals surface area contributed by atoms with Gasteiger partial charge in [0.05, 0.1) is 25.9 Å². The Hall–Kier alpha value is -3.03. The van der Waals surface area contributed by atoms with Gasteiger partial charge in [-0.25, -0.2) is 0 Å². The van der Waals surface area contributed by atoms with Gasteiger partial charge in [-0.15, -0.1) is 0 Å². The van der Waals surface area contributed by atoms with E-state index >= 15 is 0 Å². The van der Waals surface area contributed by atoms with Crippen LogP contribution in [0.15, 0.2) is 53.5 Å². The third-order valence-electron chi connectivity index (χ3n) is 4.42. The molecule has 1 atom stereocenters. The van der Waals surface area contributed by atoms with E-state index in [0.717, 1.165) is 22.4 Å². The van der Waals surface area contributed by atoms with Crippen molar-refractivity contribution in [3.05, 3.63) is 64.7 Å². The van der Waals surface area contributed by atoms with Crippen LogP contribution in [0.1, 0.15) is 5.69 Å². The number of nitrogens with one attached hydrogen (secondary N) is 1. The molecule has 3 aromatic rings. The zero-order chi connectivity index (χ0) is 19.3. The summed E-state index contributed by atoms with van der Waals surface area (Å²) in [6.45, 7) is 3.86. The highest BCUT2D eigenvalue weighted by Gasteiger charge is 2.16. The first kappa shape index (κ1) is 18.3. The minimum Gasteiger partial charge on any atom is -0.475 e. The van der Waals surface area contributed by atoms with Crippen LogP contribution in [-0.4, -0.2) is 47.5 Å². The quantitative estimate of drug-likeness (QED) is 0.733. The van der Waals surface area contributed by atoms with Gasteiger partial charge in [0.2, 0.25) is 5.88 Å². The highest BCUT2D eigenvalue weighted by Crippen LogP contribution is 2.23. The summed E-state index contributed by atoms with van der Waals surface area (Å²) in [5.41, 5.74) is 3.58. The lowest BCUT2D eigenvalue weighted by atomic mass is 10.1. The molecule has 1 fully saturated rings. The topological polar surface area (TPSA) is 86.3 Å². The fourth-order valence-corrected chi connectivity index (χ4v) is 2.92. The molecule has 0 radical (unpaired) electrons. The standard InChI is InChI=1S/C21H21N3O4/c1-14-2-3-17(11-22-14)15-4-6-16(7-5-15)21-23-19(25)10-20(24-21)28-13-18-12-26-8-9-27-18/h2-7,10-11,18H,8-9,12-13H2,1H3,(H,23,24,25)/t18-/m1/s1. The molecule has 28 heavy (non-hydrogen) atoms. The van der Waals surface area contributed by atoms with E-state index in [-0.39, 0.29) is 24.2 Å². The molecule has 0 amide bonds. The number of aromatic nitrogens is 3. The van der Waals surface area contributed by atoms with Crippen LogP contribution in [0.4, 0.5) is 0 Å². The summed E-state index contributed by atoms with van der Waals surface area (Å²) in [7, 11) is 0. The maximum absolute atomic E-state index is 12.0. The number of aromatic amines is 1. The van der Waals surface area contributed by atoms with Gasteiger partial charge in [-0.1, -0.05) is 30.3 Å². The van der Waals surface area contributed by atoms with Crippen molar-refractivity contribution >= 4 is 0 Å². The van der Waals surface area contributed by atoms with Crippen molar-refractivity contribution in [1.29, 1.82) is 0 Å². The van der Waals surface area contributed by atoms with E-state index in [1.807, 2.05) is 49.5 Å². The fourth-order valence-electron chi connectivity index (χ4n) is 2.92. The predicted octanol–water partition coefficient (Wildman–Crippen LogP) is 2.60. The van der Waals surface area contributed by atoms with Crippen LogP contribution in [0.3, 0.4) is 0 Å². The SMILES string of the molecule is Cc1ccc(-c2ccc(-c3nc(OC[C@H]4COCCO4)cc(=O)[nH]3)cc2)cn1. The normalized spacial score (nSPS) is 16.7. The molecule has 0 aliphatic carbocycles. The average Bonchev–Trinajstić information content (AvgIpc) is 2.73.